The van der Waals surface area contributed by atoms with Crippen molar-refractivity contribution < 1.29 is 9.90 Å². The van der Waals surface area contributed by atoms with E-state index >= 15 is 0 Å². The van der Waals surface area contributed by atoms with Gasteiger partial charge in [0.2, 0.25) is 0 Å². The third-order valence-electron chi connectivity index (χ3n) is 2.60. The maximum Gasteiger partial charge on any atom is 0.339 e. The molecule has 0 aliphatic rings. The van der Waals surface area contributed by atoms with Crippen molar-refractivity contribution in [2.24, 2.45) is 0 Å². The molecule has 3 aromatic heterocycles. The van der Waals surface area contributed by atoms with Crippen molar-refractivity contribution in [3.8, 4) is 11.4 Å². The number of hydrogen-bond donors (Lipinski definition) is 1. The van der Waals surface area contributed by atoms with Crippen LogP contribution >= 0.6 is 0 Å². The monoisotopic (exact) mass is 240 g/mol. The molecule has 0 bridgehead atoms. The summed E-state index contributed by atoms with van der Waals surface area (Å²) in [4.78, 5) is 15.0. The number of fused-ring (bicyclic) bond motifs is 1. The summed E-state index contributed by atoms with van der Waals surface area (Å²) >= 11 is 0. The number of hydrogen-bond acceptors (Lipinski definition) is 4. The molecular formula is C12H8N4O2. The lowest BCUT2D eigenvalue weighted by atomic mass is 10.2. The van der Waals surface area contributed by atoms with E-state index in [0.29, 0.717) is 11.5 Å². The minimum atomic E-state index is -1.02. The SMILES string of the molecule is O=C(O)c1cccn2c(-c3ccncc3)nnc12. The molecule has 0 aliphatic heterocycles. The minimum absolute atomic E-state index is 0.130. The number of carbonyl (C=O) groups is 1. The van der Waals surface area contributed by atoms with E-state index in [4.69, 9.17) is 5.11 Å². The summed E-state index contributed by atoms with van der Waals surface area (Å²) in [5, 5.41) is 17.0. The molecule has 1 N–H and O–H groups in total. The first-order valence-corrected chi connectivity index (χ1v) is 5.25. The van der Waals surface area contributed by atoms with Crippen LogP contribution in [0.2, 0.25) is 0 Å². The highest BCUT2D eigenvalue weighted by Crippen LogP contribution is 2.18. The number of pyridine rings is 2. The molecule has 88 valence electrons. The Morgan fingerprint density at radius 3 is 2.67 bits per heavy atom. The maximum atomic E-state index is 11.1. The molecule has 0 aliphatic carbocycles. The molecule has 6 heteroatoms. The molecule has 0 spiro atoms. The van der Waals surface area contributed by atoms with Gasteiger partial charge in [0.1, 0.15) is 5.56 Å². The van der Waals surface area contributed by atoms with Crippen LogP contribution in [0.25, 0.3) is 17.0 Å². The summed E-state index contributed by atoms with van der Waals surface area (Å²) in [6.45, 7) is 0. The van der Waals surface area contributed by atoms with E-state index in [-0.39, 0.29) is 5.56 Å². The van der Waals surface area contributed by atoms with Crippen molar-refractivity contribution in [2.75, 3.05) is 0 Å². The fraction of sp³-hybridized carbons (Fsp3) is 0. The summed E-state index contributed by atoms with van der Waals surface area (Å²) in [6, 6.07) is 6.75. The number of aromatic carboxylic acids is 1. The van der Waals surface area contributed by atoms with E-state index in [1.807, 2.05) is 0 Å². The first kappa shape index (κ1) is 10.4. The molecule has 0 aromatic carbocycles. The van der Waals surface area contributed by atoms with Crippen molar-refractivity contribution in [1.82, 2.24) is 19.6 Å². The van der Waals surface area contributed by atoms with Gasteiger partial charge >= 0.3 is 5.97 Å². The largest absolute Gasteiger partial charge is 0.478 e. The van der Waals surface area contributed by atoms with Crippen LogP contribution in [0.5, 0.6) is 0 Å². The van der Waals surface area contributed by atoms with Crippen LogP contribution in [-0.2, 0) is 0 Å². The molecule has 0 atom stereocenters. The number of nitrogens with zero attached hydrogens (tertiary/aromatic N) is 4. The topological polar surface area (TPSA) is 80.4 Å². The Labute approximate surface area is 102 Å². The summed E-state index contributed by atoms with van der Waals surface area (Å²) in [7, 11) is 0. The van der Waals surface area contributed by atoms with Gasteiger partial charge in [-0.15, -0.1) is 10.2 Å². The van der Waals surface area contributed by atoms with Gasteiger partial charge in [-0.1, -0.05) is 0 Å². The molecule has 3 rings (SSSR count). The van der Waals surface area contributed by atoms with Gasteiger partial charge in [0, 0.05) is 24.2 Å². The van der Waals surface area contributed by atoms with Gasteiger partial charge in [-0.05, 0) is 24.3 Å². The average molecular weight is 240 g/mol. The molecule has 0 radical (unpaired) electrons. The molecule has 0 saturated carbocycles. The van der Waals surface area contributed by atoms with Crippen molar-refractivity contribution in [3.63, 3.8) is 0 Å². The van der Waals surface area contributed by atoms with Gasteiger partial charge in [-0.3, -0.25) is 9.38 Å². The Morgan fingerprint density at radius 1 is 1.17 bits per heavy atom. The van der Waals surface area contributed by atoms with Gasteiger partial charge in [0.05, 0.1) is 0 Å². The molecule has 3 heterocycles. The van der Waals surface area contributed by atoms with Crippen LogP contribution in [0.4, 0.5) is 0 Å². The Balaban J connectivity index is 2.28. The zero-order valence-corrected chi connectivity index (χ0v) is 9.19. The Hall–Kier alpha value is -2.76. The number of carboxylic acid groups (broad SMARTS) is 1. The predicted octanol–water partition coefficient (Wildman–Crippen LogP) is 1.49. The molecule has 3 aromatic rings. The summed E-state index contributed by atoms with van der Waals surface area (Å²) < 4.78 is 1.65. The normalized spacial score (nSPS) is 10.7. The van der Waals surface area contributed by atoms with E-state index in [9.17, 15) is 4.79 Å². The molecule has 0 fully saturated rings. The molecule has 0 amide bonds. The maximum absolute atomic E-state index is 11.1. The highest BCUT2D eigenvalue weighted by Gasteiger charge is 2.14. The first-order chi connectivity index (χ1) is 8.77. The van der Waals surface area contributed by atoms with Crippen LogP contribution in [0.3, 0.4) is 0 Å². The van der Waals surface area contributed by atoms with Gasteiger partial charge in [0.15, 0.2) is 11.5 Å². The zero-order valence-electron chi connectivity index (χ0n) is 9.19. The smallest absolute Gasteiger partial charge is 0.339 e. The van der Waals surface area contributed by atoms with Gasteiger partial charge in [-0.2, -0.15) is 0 Å². The lowest BCUT2D eigenvalue weighted by Gasteiger charge is -2.00. The lowest BCUT2D eigenvalue weighted by molar-refractivity contribution is 0.0698. The predicted molar refractivity (Wildman–Crippen MR) is 63.2 cm³/mol. The third kappa shape index (κ3) is 1.51. The van der Waals surface area contributed by atoms with Crippen LogP contribution in [-0.4, -0.2) is 30.7 Å². The van der Waals surface area contributed by atoms with E-state index in [2.05, 4.69) is 15.2 Å². The third-order valence-corrected chi connectivity index (χ3v) is 2.60. The second kappa shape index (κ2) is 3.92. The van der Waals surface area contributed by atoms with Crippen LogP contribution in [0, 0.1) is 0 Å². The van der Waals surface area contributed by atoms with Crippen molar-refractivity contribution in [3.05, 3.63) is 48.4 Å². The van der Waals surface area contributed by atoms with Crippen LogP contribution < -0.4 is 0 Å². The fourth-order valence-electron chi connectivity index (χ4n) is 1.78. The second-order valence-corrected chi connectivity index (χ2v) is 3.68. The standard InChI is InChI=1S/C12H8N4O2/c17-12(18)9-2-1-7-16-10(14-15-11(9)16)8-3-5-13-6-4-8/h1-7H,(H,17,18). The molecule has 18 heavy (non-hydrogen) atoms. The Bertz CT molecular complexity index is 721. The molecular weight excluding hydrogens is 232 g/mol. The molecule has 0 saturated heterocycles. The van der Waals surface area contributed by atoms with Gasteiger partial charge in [-0.25, -0.2) is 4.79 Å². The van der Waals surface area contributed by atoms with Crippen LogP contribution in [0.15, 0.2) is 42.9 Å². The summed E-state index contributed by atoms with van der Waals surface area (Å²) in [5.74, 6) is -0.426. The lowest BCUT2D eigenvalue weighted by Crippen LogP contribution is -2.00. The van der Waals surface area contributed by atoms with Crippen molar-refractivity contribution in [1.29, 1.82) is 0 Å². The second-order valence-electron chi connectivity index (χ2n) is 3.68. The summed E-state index contributed by atoms with van der Waals surface area (Å²) in [5.41, 5.74) is 1.29. The number of aromatic nitrogens is 4. The van der Waals surface area contributed by atoms with Gasteiger partial charge in [0.25, 0.3) is 0 Å². The average Bonchev–Trinajstić information content (AvgIpc) is 2.83. The minimum Gasteiger partial charge on any atom is -0.478 e. The van der Waals surface area contributed by atoms with E-state index in [0.717, 1.165) is 5.56 Å². The zero-order chi connectivity index (χ0) is 12.5. The Kier molecular flexibility index (Phi) is 2.26. The van der Waals surface area contributed by atoms with E-state index in [1.54, 1.807) is 41.2 Å². The van der Waals surface area contributed by atoms with Crippen LogP contribution in [0.1, 0.15) is 10.4 Å². The van der Waals surface area contributed by atoms with Crippen molar-refractivity contribution >= 4 is 11.6 Å². The quantitative estimate of drug-likeness (QED) is 0.734. The Morgan fingerprint density at radius 2 is 1.94 bits per heavy atom. The summed E-state index contributed by atoms with van der Waals surface area (Å²) in [6.07, 6.45) is 5.03. The highest BCUT2D eigenvalue weighted by atomic mass is 16.4. The molecule has 6 nitrogen and oxygen atoms in total. The van der Waals surface area contributed by atoms with E-state index in [1.165, 1.54) is 6.07 Å². The highest BCUT2D eigenvalue weighted by molar-refractivity contribution is 5.94. The van der Waals surface area contributed by atoms with E-state index < -0.39 is 5.97 Å². The number of rotatable bonds is 2. The van der Waals surface area contributed by atoms with Crippen molar-refractivity contribution in [2.45, 2.75) is 0 Å². The molecule has 0 unspecified atom stereocenters. The first-order valence-electron chi connectivity index (χ1n) is 5.25. The fourth-order valence-corrected chi connectivity index (χ4v) is 1.78. The van der Waals surface area contributed by atoms with Gasteiger partial charge < -0.3 is 5.11 Å². The number of carboxylic acids is 1.